The Morgan fingerprint density at radius 2 is 1.89 bits per heavy atom. The fourth-order valence-corrected chi connectivity index (χ4v) is 4.60. The van der Waals surface area contributed by atoms with Gasteiger partial charge in [-0.15, -0.1) is 0 Å². The fraction of sp³-hybridized carbons (Fsp3) is 0.273. The highest BCUT2D eigenvalue weighted by Crippen LogP contribution is 2.40. The number of benzene rings is 2. The normalized spacial score (nSPS) is 12.8. The molecule has 0 saturated carbocycles. The van der Waals surface area contributed by atoms with E-state index in [1.165, 1.54) is 30.0 Å². The Kier molecular flexibility index (Phi) is 9.72. The molecule has 0 bridgehead atoms. The number of halogens is 2. The maximum absolute atomic E-state index is 13.0. The standard InChI is InChI=1S/C22H24ClFN5O5PS.H3P/c1-32-19-9-13-6-7-25-11-14(13)8-18(19)28-22-26-12-16(23)21(29-22)27-17-5-4-15(34-36(24,30)31)10-20(17)33-35(2)3;/h4-5,8-10,12,25H,6-7,11H2,1-3H3,(H2,26,27,28,29);1H3. The molecule has 0 spiro atoms. The molecule has 2 heterocycles. The van der Waals surface area contributed by atoms with Gasteiger partial charge in [-0.3, -0.25) is 0 Å². The lowest BCUT2D eigenvalue weighted by molar-refractivity contribution is 0.415. The topological polar surface area (TPSA) is 124 Å². The van der Waals surface area contributed by atoms with Crippen LogP contribution in [-0.2, 0) is 23.5 Å². The minimum Gasteiger partial charge on any atom is -0.495 e. The van der Waals surface area contributed by atoms with Gasteiger partial charge in [0.25, 0.3) is 0 Å². The summed E-state index contributed by atoms with van der Waals surface area (Å²) in [4.78, 5) is 8.75. The number of nitrogens with zero attached hydrogens (tertiary/aromatic N) is 2. The molecule has 1 atom stereocenters. The van der Waals surface area contributed by atoms with Gasteiger partial charge in [0.15, 0.2) is 5.82 Å². The van der Waals surface area contributed by atoms with E-state index >= 15 is 0 Å². The van der Waals surface area contributed by atoms with E-state index in [0.717, 1.165) is 25.1 Å². The Morgan fingerprint density at radius 1 is 1.11 bits per heavy atom. The number of hydrogen-bond acceptors (Lipinski definition) is 10. The summed E-state index contributed by atoms with van der Waals surface area (Å²) in [5.74, 6) is 1.20. The van der Waals surface area contributed by atoms with Crippen molar-refractivity contribution < 1.29 is 25.7 Å². The molecule has 0 saturated heterocycles. The molecule has 1 aliphatic heterocycles. The van der Waals surface area contributed by atoms with E-state index in [-0.39, 0.29) is 38.2 Å². The Hall–Kier alpha value is -2.49. The average Bonchev–Trinajstić information content (AvgIpc) is 2.81. The number of fused-ring (bicyclic) bond motifs is 1. The molecule has 2 aromatic carbocycles. The second-order valence-electron chi connectivity index (χ2n) is 7.93. The first-order valence-electron chi connectivity index (χ1n) is 10.7. The van der Waals surface area contributed by atoms with Gasteiger partial charge in [-0.2, -0.15) is 23.3 Å². The van der Waals surface area contributed by atoms with Crippen LogP contribution in [-0.4, -0.2) is 45.4 Å². The number of ether oxygens (including phenoxy) is 1. The van der Waals surface area contributed by atoms with Crippen LogP contribution in [0.4, 0.5) is 27.0 Å². The lowest BCUT2D eigenvalue weighted by Crippen LogP contribution is -2.23. The third-order valence-electron chi connectivity index (χ3n) is 5.08. The van der Waals surface area contributed by atoms with Crippen molar-refractivity contribution in [3.63, 3.8) is 0 Å². The van der Waals surface area contributed by atoms with Gasteiger partial charge >= 0.3 is 10.5 Å². The third kappa shape index (κ3) is 7.75. The lowest BCUT2D eigenvalue weighted by atomic mass is 10.00. The van der Waals surface area contributed by atoms with Crippen LogP contribution in [0.1, 0.15) is 11.1 Å². The largest absolute Gasteiger partial charge is 0.495 e. The van der Waals surface area contributed by atoms with Crippen LogP contribution in [0.25, 0.3) is 0 Å². The molecule has 1 unspecified atom stereocenters. The van der Waals surface area contributed by atoms with Gasteiger partial charge in [0.1, 0.15) is 22.3 Å². The number of methoxy groups -OCH3 is 1. The van der Waals surface area contributed by atoms with E-state index in [9.17, 15) is 12.3 Å². The summed E-state index contributed by atoms with van der Waals surface area (Å²) < 4.78 is 50.4. The summed E-state index contributed by atoms with van der Waals surface area (Å²) in [5.41, 5.74) is 3.50. The van der Waals surface area contributed by atoms with Gasteiger partial charge in [-0.05, 0) is 61.7 Å². The number of hydrogen-bond donors (Lipinski definition) is 3. The van der Waals surface area contributed by atoms with Crippen molar-refractivity contribution in [2.75, 3.05) is 37.6 Å². The van der Waals surface area contributed by atoms with Crippen molar-refractivity contribution in [1.29, 1.82) is 0 Å². The zero-order valence-electron chi connectivity index (χ0n) is 20.3. The van der Waals surface area contributed by atoms with Crippen molar-refractivity contribution in [3.05, 3.63) is 52.7 Å². The van der Waals surface area contributed by atoms with E-state index < -0.39 is 18.7 Å². The first-order valence-corrected chi connectivity index (χ1v) is 14.6. The Labute approximate surface area is 224 Å². The highest BCUT2D eigenvalue weighted by Gasteiger charge is 2.17. The molecule has 0 fully saturated rings. The highest BCUT2D eigenvalue weighted by atomic mass is 35.5. The van der Waals surface area contributed by atoms with E-state index in [1.807, 2.05) is 25.5 Å². The number of rotatable bonds is 9. The first-order chi connectivity index (χ1) is 17.1. The van der Waals surface area contributed by atoms with Crippen molar-refractivity contribution in [2.45, 2.75) is 13.0 Å². The molecule has 3 aromatic rings. The van der Waals surface area contributed by atoms with Crippen LogP contribution < -0.4 is 29.4 Å². The molecular formula is C22H27ClFN5O5P2S. The molecule has 200 valence electrons. The van der Waals surface area contributed by atoms with Crippen molar-refractivity contribution in [1.82, 2.24) is 15.3 Å². The van der Waals surface area contributed by atoms with Gasteiger partial charge in [0, 0.05) is 12.6 Å². The molecule has 1 aromatic heterocycles. The molecule has 0 aliphatic carbocycles. The predicted molar refractivity (Wildman–Crippen MR) is 150 cm³/mol. The fourth-order valence-electron chi connectivity index (χ4n) is 3.58. The predicted octanol–water partition coefficient (Wildman–Crippen LogP) is 4.96. The molecule has 0 amide bonds. The lowest BCUT2D eigenvalue weighted by Gasteiger charge is -2.20. The molecule has 0 radical (unpaired) electrons. The third-order valence-corrected chi connectivity index (χ3v) is 6.31. The number of anilines is 4. The van der Waals surface area contributed by atoms with Gasteiger partial charge in [0.2, 0.25) is 5.95 Å². The maximum atomic E-state index is 13.0. The summed E-state index contributed by atoms with van der Waals surface area (Å²) >= 11 is 6.34. The summed E-state index contributed by atoms with van der Waals surface area (Å²) in [5, 5.41) is 9.82. The van der Waals surface area contributed by atoms with Gasteiger partial charge in [0.05, 0.1) is 32.8 Å². The summed E-state index contributed by atoms with van der Waals surface area (Å²) in [6, 6.07) is 8.02. The van der Waals surface area contributed by atoms with E-state index in [0.29, 0.717) is 17.1 Å². The van der Waals surface area contributed by atoms with Crippen LogP contribution in [0, 0.1) is 0 Å². The molecule has 1 aliphatic rings. The Balaban J connectivity index is 0.00000380. The maximum Gasteiger partial charge on any atom is 0.488 e. The number of aromatic nitrogens is 2. The summed E-state index contributed by atoms with van der Waals surface area (Å²) in [6.07, 6.45) is 2.35. The van der Waals surface area contributed by atoms with Crippen molar-refractivity contribution in [3.8, 4) is 17.2 Å². The van der Waals surface area contributed by atoms with Gasteiger partial charge in [-0.1, -0.05) is 15.5 Å². The number of nitrogens with one attached hydrogen (secondary N) is 3. The van der Waals surface area contributed by atoms with Crippen LogP contribution >= 0.6 is 29.6 Å². The smallest absolute Gasteiger partial charge is 0.488 e. The van der Waals surface area contributed by atoms with Crippen LogP contribution in [0.2, 0.25) is 5.02 Å². The molecule has 3 N–H and O–H groups in total. The van der Waals surface area contributed by atoms with E-state index in [4.69, 9.17) is 20.9 Å². The highest BCUT2D eigenvalue weighted by molar-refractivity contribution is 7.81. The average molecular weight is 590 g/mol. The summed E-state index contributed by atoms with van der Waals surface area (Å²) in [6.45, 7) is 5.37. The van der Waals surface area contributed by atoms with Crippen LogP contribution in [0.5, 0.6) is 17.2 Å². The summed E-state index contributed by atoms with van der Waals surface area (Å²) in [7, 11) is -4.49. The molecular weight excluding hydrogens is 563 g/mol. The molecule has 10 nitrogen and oxygen atoms in total. The van der Waals surface area contributed by atoms with Crippen LogP contribution in [0.3, 0.4) is 0 Å². The van der Waals surface area contributed by atoms with Crippen molar-refractivity contribution >= 4 is 63.3 Å². The second-order valence-corrected chi connectivity index (χ2v) is 11.1. The van der Waals surface area contributed by atoms with Crippen molar-refractivity contribution in [2.24, 2.45) is 0 Å². The van der Waals surface area contributed by atoms with Crippen LogP contribution in [0.15, 0.2) is 36.5 Å². The molecule has 15 heteroatoms. The Morgan fingerprint density at radius 3 is 2.59 bits per heavy atom. The SMILES string of the molecule is COc1cc2c(cc1Nc1ncc(Cl)c(Nc3ccc(OS(=O)(=O)F)cc3OP(C)C)n1)CNCC2.P. The quantitative estimate of drug-likeness (QED) is 0.233. The Bertz CT molecular complexity index is 1380. The molecule has 4 rings (SSSR count). The van der Waals surface area contributed by atoms with Gasteiger partial charge in [-0.25, -0.2) is 4.98 Å². The zero-order valence-corrected chi connectivity index (χ0v) is 24.2. The monoisotopic (exact) mass is 589 g/mol. The zero-order chi connectivity index (χ0) is 25.9. The van der Waals surface area contributed by atoms with Gasteiger partial charge < -0.3 is 29.4 Å². The second kappa shape index (κ2) is 12.4. The minimum atomic E-state index is -5.18. The minimum absolute atomic E-state index is 0. The molecule has 37 heavy (non-hydrogen) atoms. The first kappa shape index (κ1) is 29.1. The van der Waals surface area contributed by atoms with E-state index in [1.54, 1.807) is 7.11 Å². The van der Waals surface area contributed by atoms with E-state index in [2.05, 4.69) is 30.1 Å².